The fraction of sp³-hybridized carbons (Fsp3) is 0.400. The molecule has 0 aliphatic rings. The van der Waals surface area contributed by atoms with E-state index in [2.05, 4.69) is 13.8 Å². The first-order valence-corrected chi connectivity index (χ1v) is 4.57. The summed E-state index contributed by atoms with van der Waals surface area (Å²) in [5, 5.41) is 0.709. The standard InChI is InChI=1S/C10H14ClNO/c1-6(2)7-4-9(12)10(13-3)5-8(7)11/h4-6H,12H2,1-3H3. The van der Waals surface area contributed by atoms with E-state index in [0.29, 0.717) is 22.4 Å². The monoisotopic (exact) mass is 199 g/mol. The van der Waals surface area contributed by atoms with E-state index in [-0.39, 0.29) is 0 Å². The second-order valence-corrected chi connectivity index (χ2v) is 3.68. The van der Waals surface area contributed by atoms with Gasteiger partial charge < -0.3 is 10.5 Å². The predicted octanol–water partition coefficient (Wildman–Crippen LogP) is 3.05. The van der Waals surface area contributed by atoms with E-state index >= 15 is 0 Å². The van der Waals surface area contributed by atoms with Gasteiger partial charge in [-0.2, -0.15) is 0 Å². The van der Waals surface area contributed by atoms with Crippen LogP contribution >= 0.6 is 11.6 Å². The molecule has 0 saturated carbocycles. The van der Waals surface area contributed by atoms with Gasteiger partial charge in [-0.05, 0) is 17.5 Å². The number of halogens is 1. The van der Waals surface area contributed by atoms with E-state index in [0.717, 1.165) is 5.56 Å². The zero-order valence-electron chi connectivity index (χ0n) is 8.10. The van der Waals surface area contributed by atoms with Crippen molar-refractivity contribution in [3.05, 3.63) is 22.7 Å². The van der Waals surface area contributed by atoms with E-state index in [1.165, 1.54) is 0 Å². The molecule has 0 aromatic heterocycles. The molecular weight excluding hydrogens is 186 g/mol. The molecule has 0 heterocycles. The number of benzene rings is 1. The SMILES string of the molecule is COc1cc(Cl)c(C(C)C)cc1N. The number of methoxy groups -OCH3 is 1. The summed E-state index contributed by atoms with van der Waals surface area (Å²) in [6.45, 7) is 4.15. The summed E-state index contributed by atoms with van der Waals surface area (Å²) >= 11 is 6.04. The van der Waals surface area contributed by atoms with Crippen LogP contribution < -0.4 is 10.5 Å². The second kappa shape index (κ2) is 3.88. The molecule has 0 unspecified atom stereocenters. The van der Waals surface area contributed by atoms with Gasteiger partial charge in [-0.15, -0.1) is 0 Å². The van der Waals surface area contributed by atoms with Crippen LogP contribution in [0.4, 0.5) is 5.69 Å². The minimum atomic E-state index is 0.376. The Bertz CT molecular complexity index is 310. The van der Waals surface area contributed by atoms with Gasteiger partial charge >= 0.3 is 0 Å². The molecule has 0 radical (unpaired) electrons. The molecule has 1 aromatic carbocycles. The van der Waals surface area contributed by atoms with Crippen LogP contribution in [0.2, 0.25) is 5.02 Å². The number of anilines is 1. The zero-order chi connectivity index (χ0) is 10.0. The maximum Gasteiger partial charge on any atom is 0.143 e. The molecule has 0 bridgehead atoms. The molecule has 0 spiro atoms. The topological polar surface area (TPSA) is 35.2 Å². The lowest BCUT2D eigenvalue weighted by atomic mass is 10.0. The van der Waals surface area contributed by atoms with Crippen LogP contribution in [-0.4, -0.2) is 7.11 Å². The normalized spacial score (nSPS) is 10.5. The lowest BCUT2D eigenvalue weighted by Crippen LogP contribution is -1.96. The number of rotatable bonds is 2. The van der Waals surface area contributed by atoms with Gasteiger partial charge in [0.1, 0.15) is 5.75 Å². The highest BCUT2D eigenvalue weighted by atomic mass is 35.5. The van der Waals surface area contributed by atoms with Crippen molar-refractivity contribution >= 4 is 17.3 Å². The number of ether oxygens (including phenoxy) is 1. The highest BCUT2D eigenvalue weighted by Gasteiger charge is 2.09. The van der Waals surface area contributed by atoms with Gasteiger partial charge in [-0.1, -0.05) is 25.4 Å². The van der Waals surface area contributed by atoms with Crippen molar-refractivity contribution in [1.82, 2.24) is 0 Å². The number of nitrogen functional groups attached to an aromatic ring is 1. The van der Waals surface area contributed by atoms with Crippen LogP contribution in [0.5, 0.6) is 5.75 Å². The van der Waals surface area contributed by atoms with Gasteiger partial charge in [0, 0.05) is 11.1 Å². The van der Waals surface area contributed by atoms with Crippen LogP contribution in [-0.2, 0) is 0 Å². The van der Waals surface area contributed by atoms with Gasteiger partial charge in [0.15, 0.2) is 0 Å². The average molecular weight is 200 g/mol. The third-order valence-electron chi connectivity index (χ3n) is 1.97. The van der Waals surface area contributed by atoms with Crippen molar-refractivity contribution in [3.8, 4) is 5.75 Å². The van der Waals surface area contributed by atoms with Crippen molar-refractivity contribution < 1.29 is 4.74 Å². The van der Waals surface area contributed by atoms with E-state index < -0.39 is 0 Å². The molecule has 0 aliphatic carbocycles. The summed E-state index contributed by atoms with van der Waals surface area (Å²) in [5.74, 6) is 1.01. The molecule has 1 rings (SSSR count). The average Bonchev–Trinajstić information content (AvgIpc) is 2.07. The third-order valence-corrected chi connectivity index (χ3v) is 2.30. The van der Waals surface area contributed by atoms with E-state index in [1.54, 1.807) is 13.2 Å². The van der Waals surface area contributed by atoms with Crippen LogP contribution in [0.1, 0.15) is 25.3 Å². The highest BCUT2D eigenvalue weighted by molar-refractivity contribution is 6.31. The Morgan fingerprint density at radius 1 is 1.38 bits per heavy atom. The quantitative estimate of drug-likeness (QED) is 0.744. The minimum absolute atomic E-state index is 0.376. The molecule has 0 fully saturated rings. The van der Waals surface area contributed by atoms with Crippen LogP contribution in [0, 0.1) is 0 Å². The third kappa shape index (κ3) is 2.07. The van der Waals surface area contributed by atoms with Gasteiger partial charge in [-0.25, -0.2) is 0 Å². The highest BCUT2D eigenvalue weighted by Crippen LogP contribution is 2.32. The molecule has 0 atom stereocenters. The molecule has 2 N–H and O–H groups in total. The van der Waals surface area contributed by atoms with E-state index in [4.69, 9.17) is 22.1 Å². The second-order valence-electron chi connectivity index (χ2n) is 3.27. The Kier molecular flexibility index (Phi) is 3.04. The van der Waals surface area contributed by atoms with Gasteiger partial charge in [-0.3, -0.25) is 0 Å². The van der Waals surface area contributed by atoms with Gasteiger partial charge in [0.2, 0.25) is 0 Å². The lowest BCUT2D eigenvalue weighted by molar-refractivity contribution is 0.417. The van der Waals surface area contributed by atoms with Crippen molar-refractivity contribution in [3.63, 3.8) is 0 Å². The Balaban J connectivity index is 3.20. The van der Waals surface area contributed by atoms with Crippen molar-refractivity contribution in [2.75, 3.05) is 12.8 Å². The van der Waals surface area contributed by atoms with Crippen molar-refractivity contribution in [1.29, 1.82) is 0 Å². The fourth-order valence-corrected chi connectivity index (χ4v) is 1.58. The first-order chi connectivity index (χ1) is 6.06. The Morgan fingerprint density at radius 2 is 2.00 bits per heavy atom. The Morgan fingerprint density at radius 3 is 2.46 bits per heavy atom. The summed E-state index contributed by atoms with van der Waals surface area (Å²) in [6, 6.07) is 3.62. The first-order valence-electron chi connectivity index (χ1n) is 4.19. The number of hydrogen-bond donors (Lipinski definition) is 1. The predicted molar refractivity (Wildman–Crippen MR) is 56.5 cm³/mol. The number of hydrogen-bond acceptors (Lipinski definition) is 2. The summed E-state index contributed by atoms with van der Waals surface area (Å²) in [5.41, 5.74) is 7.45. The lowest BCUT2D eigenvalue weighted by Gasteiger charge is -2.11. The Hall–Kier alpha value is -0.890. The summed E-state index contributed by atoms with van der Waals surface area (Å²) in [6.07, 6.45) is 0. The smallest absolute Gasteiger partial charge is 0.143 e. The van der Waals surface area contributed by atoms with Gasteiger partial charge in [0.25, 0.3) is 0 Å². The molecule has 2 nitrogen and oxygen atoms in total. The van der Waals surface area contributed by atoms with Crippen LogP contribution in [0.25, 0.3) is 0 Å². The molecular formula is C10H14ClNO. The van der Waals surface area contributed by atoms with Crippen molar-refractivity contribution in [2.24, 2.45) is 0 Å². The molecule has 72 valence electrons. The van der Waals surface area contributed by atoms with Gasteiger partial charge in [0.05, 0.1) is 12.8 Å². The summed E-state index contributed by atoms with van der Waals surface area (Å²) in [7, 11) is 1.58. The first kappa shape index (κ1) is 10.2. The van der Waals surface area contributed by atoms with Crippen LogP contribution in [0.15, 0.2) is 12.1 Å². The van der Waals surface area contributed by atoms with Crippen LogP contribution in [0.3, 0.4) is 0 Å². The Labute approximate surface area is 83.6 Å². The van der Waals surface area contributed by atoms with E-state index in [9.17, 15) is 0 Å². The zero-order valence-corrected chi connectivity index (χ0v) is 8.85. The maximum atomic E-state index is 6.04. The maximum absolute atomic E-state index is 6.04. The van der Waals surface area contributed by atoms with Crippen molar-refractivity contribution in [2.45, 2.75) is 19.8 Å². The molecule has 0 amide bonds. The number of nitrogens with two attached hydrogens (primary N) is 1. The minimum Gasteiger partial charge on any atom is -0.495 e. The molecule has 3 heteroatoms. The molecule has 13 heavy (non-hydrogen) atoms. The fourth-order valence-electron chi connectivity index (χ4n) is 1.21. The molecule has 0 saturated heterocycles. The summed E-state index contributed by atoms with van der Waals surface area (Å²) in [4.78, 5) is 0. The molecule has 1 aromatic rings. The summed E-state index contributed by atoms with van der Waals surface area (Å²) < 4.78 is 5.05. The van der Waals surface area contributed by atoms with E-state index in [1.807, 2.05) is 6.07 Å². The largest absolute Gasteiger partial charge is 0.495 e. The molecule has 0 aliphatic heterocycles.